The third-order valence-electron chi connectivity index (χ3n) is 4.59. The van der Waals surface area contributed by atoms with Gasteiger partial charge in [-0.2, -0.15) is 0 Å². The van der Waals surface area contributed by atoms with E-state index in [0.29, 0.717) is 31.3 Å². The number of anilines is 1. The fourth-order valence-electron chi connectivity index (χ4n) is 3.22. The molecule has 144 valence electrons. The second kappa shape index (κ2) is 7.93. The van der Waals surface area contributed by atoms with Crippen molar-refractivity contribution in [3.8, 4) is 11.6 Å². The Bertz CT molecular complexity index is 966. The first-order chi connectivity index (χ1) is 13.6. The predicted octanol–water partition coefficient (Wildman–Crippen LogP) is 3.82. The highest BCUT2D eigenvalue weighted by Crippen LogP contribution is 2.25. The van der Waals surface area contributed by atoms with Crippen LogP contribution in [0.1, 0.15) is 16.6 Å². The molecule has 1 aromatic carbocycles. The minimum absolute atomic E-state index is 0.0471. The normalized spacial score (nSPS) is 16.9. The Morgan fingerprint density at radius 1 is 1.21 bits per heavy atom. The van der Waals surface area contributed by atoms with Crippen LogP contribution in [0.3, 0.4) is 0 Å². The van der Waals surface area contributed by atoms with Gasteiger partial charge >= 0.3 is 0 Å². The third kappa shape index (κ3) is 3.96. The summed E-state index contributed by atoms with van der Waals surface area (Å²) in [5.74, 6) is 1.15. The molecule has 6 nitrogen and oxygen atoms in total. The van der Waals surface area contributed by atoms with Crippen molar-refractivity contribution >= 4 is 23.1 Å². The number of benzene rings is 1. The van der Waals surface area contributed by atoms with Gasteiger partial charge in [0.15, 0.2) is 0 Å². The fourth-order valence-corrected chi connectivity index (χ4v) is 3.90. The Balaban J connectivity index is 1.45. The van der Waals surface area contributed by atoms with Crippen LogP contribution in [0.5, 0.6) is 11.6 Å². The lowest BCUT2D eigenvalue weighted by Crippen LogP contribution is -2.54. The number of hydrogen-bond donors (Lipinski definition) is 0. The summed E-state index contributed by atoms with van der Waals surface area (Å²) < 4.78 is 19.0. The number of aromatic nitrogens is 2. The van der Waals surface area contributed by atoms with E-state index < -0.39 is 0 Å². The monoisotopic (exact) mass is 398 g/mol. The molecule has 1 unspecified atom stereocenters. The van der Waals surface area contributed by atoms with Crippen LogP contribution in [0.15, 0.2) is 54.2 Å². The smallest absolute Gasteiger partial charge is 0.264 e. The van der Waals surface area contributed by atoms with Gasteiger partial charge < -0.3 is 14.5 Å². The topological polar surface area (TPSA) is 58.6 Å². The summed E-state index contributed by atoms with van der Waals surface area (Å²) in [6.45, 7) is 3.97. The van der Waals surface area contributed by atoms with Crippen molar-refractivity contribution in [3.63, 3.8) is 0 Å². The molecule has 0 N–H and O–H groups in total. The fraction of sp³-hybridized carbons (Fsp3) is 0.250. The Morgan fingerprint density at radius 3 is 2.86 bits per heavy atom. The van der Waals surface area contributed by atoms with Crippen LogP contribution in [0.4, 0.5) is 10.2 Å². The Labute approximate surface area is 166 Å². The summed E-state index contributed by atoms with van der Waals surface area (Å²) in [6, 6.07) is 11.4. The number of rotatable bonds is 4. The molecule has 3 heterocycles. The minimum Gasteiger partial charge on any atom is -0.439 e. The predicted molar refractivity (Wildman–Crippen MR) is 106 cm³/mol. The van der Waals surface area contributed by atoms with Gasteiger partial charge in [-0.3, -0.25) is 4.79 Å². The summed E-state index contributed by atoms with van der Waals surface area (Å²) in [5.41, 5.74) is 0. The molecule has 4 rings (SSSR count). The van der Waals surface area contributed by atoms with Gasteiger partial charge in [0, 0.05) is 37.8 Å². The maximum atomic E-state index is 13.3. The van der Waals surface area contributed by atoms with Crippen LogP contribution < -0.4 is 9.64 Å². The molecule has 1 saturated heterocycles. The Morgan fingerprint density at radius 2 is 2.11 bits per heavy atom. The molecule has 2 aromatic heterocycles. The number of amides is 1. The Hall–Kier alpha value is -3.00. The highest BCUT2D eigenvalue weighted by Gasteiger charge is 2.29. The molecule has 8 heteroatoms. The van der Waals surface area contributed by atoms with Crippen molar-refractivity contribution in [1.29, 1.82) is 0 Å². The summed E-state index contributed by atoms with van der Waals surface area (Å²) in [4.78, 5) is 25.8. The first-order valence-electron chi connectivity index (χ1n) is 8.95. The number of carbonyl (C=O) groups is 1. The van der Waals surface area contributed by atoms with Crippen LogP contribution in [0.25, 0.3) is 0 Å². The zero-order valence-corrected chi connectivity index (χ0v) is 16.1. The highest BCUT2D eigenvalue weighted by molar-refractivity contribution is 7.12. The molecule has 0 spiro atoms. The van der Waals surface area contributed by atoms with E-state index >= 15 is 0 Å². The molecular weight excluding hydrogens is 379 g/mol. The van der Waals surface area contributed by atoms with E-state index in [1.165, 1.54) is 29.8 Å². The number of piperazine rings is 1. The lowest BCUT2D eigenvalue weighted by molar-refractivity contribution is 0.0678. The van der Waals surface area contributed by atoms with Crippen LogP contribution in [0.2, 0.25) is 0 Å². The highest BCUT2D eigenvalue weighted by atomic mass is 32.1. The molecule has 1 amide bonds. The molecule has 1 aliphatic rings. The molecule has 1 aliphatic heterocycles. The Kier molecular flexibility index (Phi) is 5.21. The van der Waals surface area contributed by atoms with Crippen molar-refractivity contribution in [1.82, 2.24) is 14.9 Å². The number of hydrogen-bond acceptors (Lipinski definition) is 6. The maximum absolute atomic E-state index is 13.3. The average molecular weight is 398 g/mol. The van der Waals surface area contributed by atoms with Crippen molar-refractivity contribution in [2.45, 2.75) is 13.0 Å². The molecule has 3 aromatic rings. The number of nitrogens with zero attached hydrogens (tertiary/aromatic N) is 4. The lowest BCUT2D eigenvalue weighted by Gasteiger charge is -2.40. The van der Waals surface area contributed by atoms with Gasteiger partial charge in [-0.1, -0.05) is 12.1 Å². The first kappa shape index (κ1) is 18.4. The van der Waals surface area contributed by atoms with Gasteiger partial charge in [-0.15, -0.1) is 11.3 Å². The van der Waals surface area contributed by atoms with Crippen molar-refractivity contribution in [2.24, 2.45) is 0 Å². The molecule has 1 atom stereocenters. The number of carbonyl (C=O) groups excluding carboxylic acids is 1. The molecule has 28 heavy (non-hydrogen) atoms. The van der Waals surface area contributed by atoms with E-state index in [-0.39, 0.29) is 17.8 Å². The first-order valence-corrected chi connectivity index (χ1v) is 9.83. The van der Waals surface area contributed by atoms with Crippen molar-refractivity contribution in [3.05, 3.63) is 64.9 Å². The standard InChI is InChI=1S/C20H19FN4O2S/c1-14-12-24(7-8-25(14)20(26)17-6-3-9-28-17)18-11-19(23-13-22-18)27-16-5-2-4-15(21)10-16/h2-6,9-11,13-14H,7-8,12H2,1H3. The van der Waals surface area contributed by atoms with Gasteiger partial charge in [0.25, 0.3) is 5.91 Å². The summed E-state index contributed by atoms with van der Waals surface area (Å²) >= 11 is 1.46. The van der Waals surface area contributed by atoms with Gasteiger partial charge in [0.2, 0.25) is 5.88 Å². The summed E-state index contributed by atoms with van der Waals surface area (Å²) in [6.07, 6.45) is 1.43. The number of thiophene rings is 1. The maximum Gasteiger partial charge on any atom is 0.264 e. The van der Waals surface area contributed by atoms with Gasteiger partial charge in [0.1, 0.15) is 23.7 Å². The van der Waals surface area contributed by atoms with Crippen molar-refractivity contribution in [2.75, 3.05) is 24.5 Å². The van der Waals surface area contributed by atoms with Gasteiger partial charge in [-0.05, 0) is 30.5 Å². The quantitative estimate of drug-likeness (QED) is 0.669. The van der Waals surface area contributed by atoms with Crippen LogP contribution in [0, 0.1) is 5.82 Å². The second-order valence-electron chi connectivity index (χ2n) is 6.54. The second-order valence-corrected chi connectivity index (χ2v) is 7.49. The van der Waals surface area contributed by atoms with Crippen LogP contribution >= 0.6 is 11.3 Å². The van der Waals surface area contributed by atoms with E-state index in [4.69, 9.17) is 4.74 Å². The molecule has 0 saturated carbocycles. The average Bonchev–Trinajstić information content (AvgIpc) is 3.22. The third-order valence-corrected chi connectivity index (χ3v) is 5.45. The SMILES string of the molecule is CC1CN(c2cc(Oc3cccc(F)c3)ncn2)CCN1C(=O)c1cccs1. The lowest BCUT2D eigenvalue weighted by atomic mass is 10.2. The van der Waals surface area contributed by atoms with E-state index in [2.05, 4.69) is 14.9 Å². The van der Waals surface area contributed by atoms with Crippen LogP contribution in [-0.2, 0) is 0 Å². The van der Waals surface area contributed by atoms with E-state index in [1.54, 1.807) is 18.2 Å². The van der Waals surface area contributed by atoms with E-state index in [1.807, 2.05) is 29.3 Å². The number of ether oxygens (including phenoxy) is 1. The molecule has 0 aliphatic carbocycles. The molecule has 1 fully saturated rings. The molecule has 0 radical (unpaired) electrons. The van der Waals surface area contributed by atoms with E-state index in [0.717, 1.165) is 10.7 Å². The molecule has 0 bridgehead atoms. The van der Waals surface area contributed by atoms with Gasteiger partial charge in [-0.25, -0.2) is 14.4 Å². The summed E-state index contributed by atoms with van der Waals surface area (Å²) in [7, 11) is 0. The van der Waals surface area contributed by atoms with E-state index in [9.17, 15) is 9.18 Å². The minimum atomic E-state index is -0.368. The number of halogens is 1. The van der Waals surface area contributed by atoms with Crippen LogP contribution in [-0.4, -0.2) is 46.5 Å². The zero-order valence-electron chi connectivity index (χ0n) is 15.3. The largest absolute Gasteiger partial charge is 0.439 e. The zero-order chi connectivity index (χ0) is 19.5. The molecular formula is C20H19FN4O2S. The van der Waals surface area contributed by atoms with Crippen molar-refractivity contribution < 1.29 is 13.9 Å². The van der Waals surface area contributed by atoms with Gasteiger partial charge in [0.05, 0.1) is 4.88 Å². The summed E-state index contributed by atoms with van der Waals surface area (Å²) in [5, 5.41) is 1.91.